The third kappa shape index (κ3) is 8.23. The first kappa shape index (κ1) is 26.9. The number of halogens is 1. The van der Waals surface area contributed by atoms with Crippen molar-refractivity contribution in [2.75, 3.05) is 17.8 Å². The third-order valence-corrected chi connectivity index (χ3v) is 5.88. The van der Waals surface area contributed by atoms with Gasteiger partial charge in [-0.05, 0) is 37.1 Å². The summed E-state index contributed by atoms with van der Waals surface area (Å²) in [7, 11) is 1.15. The number of unbranched alkanes of at least 4 members (excludes halogenated alkanes) is 2. The molecule has 9 nitrogen and oxygen atoms in total. The SMILES string of the molecule is C=C(NC(=O)c1csc(-c2ccc(NC(=O)CCCCCBr)cc2)n1)C(=O)NC(=C)C(=O)OC. The van der Waals surface area contributed by atoms with Crippen LogP contribution in [0.2, 0.25) is 0 Å². The van der Waals surface area contributed by atoms with Crippen molar-refractivity contribution < 1.29 is 23.9 Å². The maximum atomic E-state index is 12.4. The van der Waals surface area contributed by atoms with E-state index in [9.17, 15) is 19.2 Å². The van der Waals surface area contributed by atoms with E-state index in [1.807, 2.05) is 0 Å². The van der Waals surface area contributed by atoms with Crippen LogP contribution in [0.3, 0.4) is 0 Å². The van der Waals surface area contributed by atoms with E-state index in [4.69, 9.17) is 0 Å². The molecule has 0 atom stereocenters. The number of carbonyl (C=O) groups is 4. The summed E-state index contributed by atoms with van der Waals surface area (Å²) in [5.74, 6) is -2.28. The number of thiazole rings is 1. The minimum absolute atomic E-state index is 0.0324. The fourth-order valence-electron chi connectivity index (χ4n) is 2.63. The van der Waals surface area contributed by atoms with E-state index in [-0.39, 0.29) is 23.0 Å². The number of hydrogen-bond donors (Lipinski definition) is 3. The number of esters is 1. The molecule has 3 amide bonds. The summed E-state index contributed by atoms with van der Waals surface area (Å²) in [6.45, 7) is 6.85. The summed E-state index contributed by atoms with van der Waals surface area (Å²) in [6.07, 6.45) is 3.36. The number of amides is 3. The number of nitrogens with zero attached hydrogens (tertiary/aromatic N) is 1. The second kappa shape index (κ2) is 13.4. The normalized spacial score (nSPS) is 10.2. The summed E-state index contributed by atoms with van der Waals surface area (Å²) in [4.78, 5) is 52.0. The van der Waals surface area contributed by atoms with E-state index < -0.39 is 17.8 Å². The molecular weight excluding hydrogens is 524 g/mol. The highest BCUT2D eigenvalue weighted by molar-refractivity contribution is 9.09. The Morgan fingerprint density at radius 2 is 1.74 bits per heavy atom. The fourth-order valence-corrected chi connectivity index (χ4v) is 3.83. The summed E-state index contributed by atoms with van der Waals surface area (Å²) in [6, 6.07) is 7.14. The molecule has 0 aliphatic carbocycles. The number of alkyl halides is 1. The van der Waals surface area contributed by atoms with Crippen molar-refractivity contribution in [1.29, 1.82) is 0 Å². The lowest BCUT2D eigenvalue weighted by atomic mass is 10.2. The van der Waals surface area contributed by atoms with Gasteiger partial charge in [-0.3, -0.25) is 14.4 Å². The van der Waals surface area contributed by atoms with Crippen molar-refractivity contribution in [3.8, 4) is 10.6 Å². The lowest BCUT2D eigenvalue weighted by molar-refractivity contribution is -0.137. The van der Waals surface area contributed by atoms with Crippen LogP contribution < -0.4 is 16.0 Å². The van der Waals surface area contributed by atoms with Crippen LogP contribution in [0.25, 0.3) is 10.6 Å². The maximum absolute atomic E-state index is 12.4. The number of anilines is 1. The van der Waals surface area contributed by atoms with Gasteiger partial charge in [-0.1, -0.05) is 35.5 Å². The Kier molecular flexibility index (Phi) is 10.6. The Labute approximate surface area is 209 Å². The number of methoxy groups -OCH3 is 1. The van der Waals surface area contributed by atoms with Crippen LogP contribution in [0.15, 0.2) is 54.2 Å². The summed E-state index contributed by atoms with van der Waals surface area (Å²) in [5.41, 5.74) is 0.983. The number of nitrogens with one attached hydrogen (secondary N) is 3. The zero-order valence-corrected chi connectivity index (χ0v) is 21.0. The van der Waals surface area contributed by atoms with Crippen LogP contribution in [-0.2, 0) is 19.1 Å². The largest absolute Gasteiger partial charge is 0.464 e. The average Bonchev–Trinajstić information content (AvgIpc) is 3.32. The Balaban J connectivity index is 1.91. The maximum Gasteiger partial charge on any atom is 0.353 e. The molecule has 0 saturated carbocycles. The molecular formula is C23H25BrN4O5S. The highest BCUT2D eigenvalue weighted by Crippen LogP contribution is 2.25. The number of benzene rings is 1. The smallest absolute Gasteiger partial charge is 0.353 e. The molecule has 2 aromatic rings. The highest BCUT2D eigenvalue weighted by atomic mass is 79.9. The molecule has 0 aliphatic heterocycles. The molecule has 0 radical (unpaired) electrons. The van der Waals surface area contributed by atoms with Crippen molar-refractivity contribution in [1.82, 2.24) is 15.6 Å². The predicted octanol–water partition coefficient (Wildman–Crippen LogP) is 3.75. The summed E-state index contributed by atoms with van der Waals surface area (Å²) in [5, 5.41) is 10.5. The summed E-state index contributed by atoms with van der Waals surface area (Å²) >= 11 is 4.62. The zero-order valence-electron chi connectivity index (χ0n) is 18.6. The first-order valence-corrected chi connectivity index (χ1v) is 12.3. The van der Waals surface area contributed by atoms with Crippen molar-refractivity contribution in [2.24, 2.45) is 0 Å². The number of ether oxygens (including phenoxy) is 1. The van der Waals surface area contributed by atoms with Gasteiger partial charge in [0, 0.05) is 28.4 Å². The third-order valence-electron chi connectivity index (χ3n) is 4.42. The number of aromatic nitrogens is 1. The van der Waals surface area contributed by atoms with Gasteiger partial charge in [0.25, 0.3) is 11.8 Å². The van der Waals surface area contributed by atoms with Gasteiger partial charge in [0.15, 0.2) is 0 Å². The Bertz CT molecular complexity index is 1080. The van der Waals surface area contributed by atoms with E-state index in [2.05, 4.69) is 54.8 Å². The predicted molar refractivity (Wildman–Crippen MR) is 134 cm³/mol. The lowest BCUT2D eigenvalue weighted by Gasteiger charge is -2.09. The van der Waals surface area contributed by atoms with Gasteiger partial charge in [0.1, 0.15) is 16.4 Å². The average molecular weight is 549 g/mol. The molecule has 180 valence electrons. The fraction of sp³-hybridized carbons (Fsp3) is 0.261. The van der Waals surface area contributed by atoms with Gasteiger partial charge in [-0.2, -0.15) is 0 Å². The molecule has 0 unspecified atom stereocenters. The Hall–Kier alpha value is -3.31. The molecule has 0 spiro atoms. The highest BCUT2D eigenvalue weighted by Gasteiger charge is 2.18. The molecule has 1 aromatic heterocycles. The van der Waals surface area contributed by atoms with Crippen molar-refractivity contribution >= 4 is 56.6 Å². The minimum atomic E-state index is -0.812. The first-order chi connectivity index (χ1) is 16.2. The molecule has 0 bridgehead atoms. The number of carbonyl (C=O) groups excluding carboxylic acids is 4. The van der Waals surface area contributed by atoms with Gasteiger partial charge in [-0.15, -0.1) is 11.3 Å². The Morgan fingerprint density at radius 1 is 1.03 bits per heavy atom. The molecule has 1 heterocycles. The van der Waals surface area contributed by atoms with Crippen LogP contribution >= 0.6 is 27.3 Å². The van der Waals surface area contributed by atoms with Gasteiger partial charge < -0.3 is 20.7 Å². The van der Waals surface area contributed by atoms with E-state index >= 15 is 0 Å². The van der Waals surface area contributed by atoms with E-state index in [1.165, 1.54) is 11.3 Å². The molecule has 2 rings (SSSR count). The minimum Gasteiger partial charge on any atom is -0.464 e. The number of hydrogen-bond acceptors (Lipinski definition) is 7. The Morgan fingerprint density at radius 3 is 2.38 bits per heavy atom. The molecule has 11 heteroatoms. The van der Waals surface area contributed by atoms with Crippen LogP contribution in [0.4, 0.5) is 5.69 Å². The topological polar surface area (TPSA) is 126 Å². The molecule has 34 heavy (non-hydrogen) atoms. The van der Waals surface area contributed by atoms with Crippen LogP contribution in [0.1, 0.15) is 36.2 Å². The van der Waals surface area contributed by atoms with Gasteiger partial charge >= 0.3 is 5.97 Å². The van der Waals surface area contributed by atoms with E-state index in [1.54, 1.807) is 29.6 Å². The standard InChI is InChI=1S/C23H25BrN4O5S/c1-14(20(30)26-15(2)23(32)33-3)25-21(31)18-13-34-22(28-18)16-8-10-17(11-9-16)27-19(29)7-5-4-6-12-24/h8-11,13H,1-2,4-7,12H2,3H3,(H,25,31)(H,26,30)(H,27,29). The zero-order chi connectivity index (χ0) is 25.1. The van der Waals surface area contributed by atoms with E-state index in [0.717, 1.165) is 37.3 Å². The first-order valence-electron chi connectivity index (χ1n) is 10.3. The van der Waals surface area contributed by atoms with Crippen LogP contribution in [0.5, 0.6) is 0 Å². The second-order valence-electron chi connectivity index (χ2n) is 7.02. The lowest BCUT2D eigenvalue weighted by Crippen LogP contribution is -2.35. The van der Waals surface area contributed by atoms with Crippen LogP contribution in [-0.4, -0.2) is 41.1 Å². The van der Waals surface area contributed by atoms with Crippen molar-refractivity contribution in [3.05, 3.63) is 59.9 Å². The number of rotatable bonds is 12. The quantitative estimate of drug-likeness (QED) is 0.160. The monoisotopic (exact) mass is 548 g/mol. The van der Waals surface area contributed by atoms with Gasteiger partial charge in [-0.25, -0.2) is 9.78 Å². The molecule has 0 fully saturated rings. The summed E-state index contributed by atoms with van der Waals surface area (Å²) < 4.78 is 4.44. The van der Waals surface area contributed by atoms with Crippen LogP contribution in [0, 0.1) is 0 Å². The van der Waals surface area contributed by atoms with Crippen molar-refractivity contribution in [2.45, 2.75) is 25.7 Å². The molecule has 0 aliphatic rings. The molecule has 3 N–H and O–H groups in total. The second-order valence-corrected chi connectivity index (χ2v) is 8.67. The van der Waals surface area contributed by atoms with Crippen molar-refractivity contribution in [3.63, 3.8) is 0 Å². The van der Waals surface area contributed by atoms with Gasteiger partial charge in [0.05, 0.1) is 12.8 Å². The van der Waals surface area contributed by atoms with E-state index in [0.29, 0.717) is 17.1 Å². The molecule has 0 saturated heterocycles. The van der Waals surface area contributed by atoms with Gasteiger partial charge in [0.2, 0.25) is 5.91 Å². The molecule has 1 aromatic carbocycles.